The average Bonchev–Trinajstić information content (AvgIpc) is 2.41. The molecule has 90 valence electrons. The first-order chi connectivity index (χ1) is 7.13. The minimum absolute atomic E-state index is 0.710. The first-order valence-corrected chi connectivity index (χ1v) is 6.61. The molecule has 1 aliphatic rings. The minimum Gasteiger partial charge on any atom is -0.313 e. The van der Waals surface area contributed by atoms with Crippen molar-refractivity contribution in [3.8, 4) is 0 Å². The second-order valence-corrected chi connectivity index (χ2v) is 5.39. The van der Waals surface area contributed by atoms with Crippen molar-refractivity contribution in [2.75, 3.05) is 19.6 Å². The summed E-state index contributed by atoms with van der Waals surface area (Å²) >= 11 is 0. The smallest absolute Gasteiger partial charge is 0.0192 e. The fourth-order valence-corrected chi connectivity index (χ4v) is 2.53. The van der Waals surface area contributed by atoms with E-state index in [0.29, 0.717) is 6.04 Å². The van der Waals surface area contributed by atoms with Crippen molar-refractivity contribution in [2.45, 2.75) is 59.0 Å². The van der Waals surface area contributed by atoms with Gasteiger partial charge in [0.15, 0.2) is 0 Å². The van der Waals surface area contributed by atoms with Crippen LogP contribution in [0.25, 0.3) is 0 Å². The molecule has 1 rings (SSSR count). The highest BCUT2D eigenvalue weighted by atomic mass is 15.2. The standard InChI is InChI=1S/C13H28N2/c1-5-13-10-15(8-6-7-14-13)12(4)9-11(2)3/h11-14H,5-10H2,1-4H3. The van der Waals surface area contributed by atoms with Crippen LogP contribution < -0.4 is 5.32 Å². The van der Waals surface area contributed by atoms with Gasteiger partial charge in [-0.2, -0.15) is 0 Å². The summed E-state index contributed by atoms with van der Waals surface area (Å²) in [5, 5.41) is 3.63. The Hall–Kier alpha value is -0.0800. The fraction of sp³-hybridized carbons (Fsp3) is 1.00. The summed E-state index contributed by atoms with van der Waals surface area (Å²) in [5.74, 6) is 0.816. The second kappa shape index (κ2) is 6.49. The molecular weight excluding hydrogens is 184 g/mol. The third kappa shape index (κ3) is 4.52. The Balaban J connectivity index is 2.43. The normalized spacial score (nSPS) is 26.6. The largest absolute Gasteiger partial charge is 0.313 e. The molecule has 1 fully saturated rings. The third-order valence-corrected chi connectivity index (χ3v) is 3.44. The number of rotatable bonds is 4. The Kier molecular flexibility index (Phi) is 5.62. The lowest BCUT2D eigenvalue weighted by Crippen LogP contribution is -2.41. The van der Waals surface area contributed by atoms with Gasteiger partial charge in [0.25, 0.3) is 0 Å². The van der Waals surface area contributed by atoms with Gasteiger partial charge in [-0.3, -0.25) is 4.90 Å². The maximum absolute atomic E-state index is 3.63. The van der Waals surface area contributed by atoms with E-state index in [-0.39, 0.29) is 0 Å². The quantitative estimate of drug-likeness (QED) is 0.770. The molecule has 0 aromatic carbocycles. The zero-order valence-corrected chi connectivity index (χ0v) is 10.9. The number of nitrogens with zero attached hydrogens (tertiary/aromatic N) is 1. The van der Waals surface area contributed by atoms with Crippen molar-refractivity contribution in [3.05, 3.63) is 0 Å². The second-order valence-electron chi connectivity index (χ2n) is 5.39. The van der Waals surface area contributed by atoms with E-state index in [4.69, 9.17) is 0 Å². The van der Waals surface area contributed by atoms with Gasteiger partial charge in [-0.15, -0.1) is 0 Å². The zero-order chi connectivity index (χ0) is 11.3. The molecule has 0 radical (unpaired) electrons. The van der Waals surface area contributed by atoms with Crippen LogP contribution in [0.4, 0.5) is 0 Å². The monoisotopic (exact) mass is 212 g/mol. The van der Waals surface area contributed by atoms with Crippen molar-refractivity contribution >= 4 is 0 Å². The minimum atomic E-state index is 0.710. The predicted molar refractivity (Wildman–Crippen MR) is 67.2 cm³/mol. The highest BCUT2D eigenvalue weighted by Crippen LogP contribution is 2.14. The van der Waals surface area contributed by atoms with Crippen molar-refractivity contribution in [2.24, 2.45) is 5.92 Å². The number of hydrogen-bond donors (Lipinski definition) is 1. The summed E-state index contributed by atoms with van der Waals surface area (Å²) in [6, 6.07) is 1.46. The maximum Gasteiger partial charge on any atom is 0.0192 e. The average molecular weight is 212 g/mol. The van der Waals surface area contributed by atoms with E-state index in [1.807, 2.05) is 0 Å². The van der Waals surface area contributed by atoms with E-state index in [1.165, 1.54) is 38.9 Å². The van der Waals surface area contributed by atoms with Gasteiger partial charge in [-0.25, -0.2) is 0 Å². The number of nitrogens with one attached hydrogen (secondary N) is 1. The van der Waals surface area contributed by atoms with E-state index in [0.717, 1.165) is 12.0 Å². The molecular formula is C13H28N2. The van der Waals surface area contributed by atoms with Crippen LogP contribution in [0.3, 0.4) is 0 Å². The Labute approximate surface area is 95.4 Å². The lowest BCUT2D eigenvalue weighted by Gasteiger charge is -2.30. The van der Waals surface area contributed by atoms with Crippen LogP contribution in [-0.4, -0.2) is 36.6 Å². The molecule has 2 atom stereocenters. The van der Waals surface area contributed by atoms with E-state index in [2.05, 4.69) is 37.9 Å². The van der Waals surface area contributed by atoms with Crippen molar-refractivity contribution in [1.29, 1.82) is 0 Å². The van der Waals surface area contributed by atoms with Gasteiger partial charge in [0.1, 0.15) is 0 Å². The molecule has 0 amide bonds. The zero-order valence-electron chi connectivity index (χ0n) is 10.9. The molecule has 1 heterocycles. The fourth-order valence-electron chi connectivity index (χ4n) is 2.53. The van der Waals surface area contributed by atoms with Gasteiger partial charge >= 0.3 is 0 Å². The van der Waals surface area contributed by atoms with Gasteiger partial charge < -0.3 is 5.32 Å². The first-order valence-electron chi connectivity index (χ1n) is 6.61. The van der Waals surface area contributed by atoms with Gasteiger partial charge in [0.05, 0.1) is 0 Å². The molecule has 0 saturated carbocycles. The topological polar surface area (TPSA) is 15.3 Å². The summed E-state index contributed by atoms with van der Waals surface area (Å²) in [4.78, 5) is 2.67. The summed E-state index contributed by atoms with van der Waals surface area (Å²) < 4.78 is 0. The van der Waals surface area contributed by atoms with Crippen molar-refractivity contribution < 1.29 is 0 Å². The molecule has 0 aromatic rings. The van der Waals surface area contributed by atoms with E-state index >= 15 is 0 Å². The van der Waals surface area contributed by atoms with Gasteiger partial charge in [-0.1, -0.05) is 20.8 Å². The molecule has 0 aliphatic carbocycles. The SMILES string of the molecule is CCC1CN(C(C)CC(C)C)CCCN1. The third-order valence-electron chi connectivity index (χ3n) is 3.44. The van der Waals surface area contributed by atoms with Crippen molar-refractivity contribution in [1.82, 2.24) is 10.2 Å². The maximum atomic E-state index is 3.63. The van der Waals surface area contributed by atoms with E-state index < -0.39 is 0 Å². The summed E-state index contributed by atoms with van der Waals surface area (Å²) in [6.45, 7) is 13.0. The Morgan fingerprint density at radius 3 is 2.67 bits per heavy atom. The molecule has 1 aliphatic heterocycles. The molecule has 2 unspecified atom stereocenters. The predicted octanol–water partition coefficient (Wildman–Crippen LogP) is 2.49. The lowest BCUT2D eigenvalue weighted by molar-refractivity contribution is 0.182. The van der Waals surface area contributed by atoms with Crippen LogP contribution >= 0.6 is 0 Å². The van der Waals surface area contributed by atoms with Crippen LogP contribution in [0.1, 0.15) is 47.0 Å². The van der Waals surface area contributed by atoms with Crippen LogP contribution in [0, 0.1) is 5.92 Å². The van der Waals surface area contributed by atoms with Gasteiger partial charge in [0, 0.05) is 18.6 Å². The highest BCUT2D eigenvalue weighted by Gasteiger charge is 2.20. The Morgan fingerprint density at radius 2 is 2.07 bits per heavy atom. The van der Waals surface area contributed by atoms with Gasteiger partial charge in [-0.05, 0) is 45.2 Å². The van der Waals surface area contributed by atoms with Gasteiger partial charge in [0.2, 0.25) is 0 Å². The van der Waals surface area contributed by atoms with Crippen LogP contribution in [0.15, 0.2) is 0 Å². The molecule has 15 heavy (non-hydrogen) atoms. The summed E-state index contributed by atoms with van der Waals surface area (Å²) in [7, 11) is 0. The molecule has 0 bridgehead atoms. The Bertz CT molecular complexity index is 168. The summed E-state index contributed by atoms with van der Waals surface area (Å²) in [5.41, 5.74) is 0. The molecule has 0 aromatic heterocycles. The molecule has 0 spiro atoms. The van der Waals surface area contributed by atoms with Crippen LogP contribution in [0.5, 0.6) is 0 Å². The lowest BCUT2D eigenvalue weighted by atomic mass is 10.0. The molecule has 1 saturated heterocycles. The first kappa shape index (κ1) is 13.0. The van der Waals surface area contributed by atoms with E-state index in [9.17, 15) is 0 Å². The molecule has 1 N–H and O–H groups in total. The summed E-state index contributed by atoms with van der Waals surface area (Å²) in [6.07, 6.45) is 3.89. The molecule has 2 heteroatoms. The number of hydrogen-bond acceptors (Lipinski definition) is 2. The molecule has 2 nitrogen and oxygen atoms in total. The highest BCUT2D eigenvalue weighted by molar-refractivity contribution is 4.79. The van der Waals surface area contributed by atoms with Crippen LogP contribution in [0.2, 0.25) is 0 Å². The van der Waals surface area contributed by atoms with E-state index in [1.54, 1.807) is 0 Å². The van der Waals surface area contributed by atoms with Crippen LogP contribution in [-0.2, 0) is 0 Å². The van der Waals surface area contributed by atoms with Crippen molar-refractivity contribution in [3.63, 3.8) is 0 Å². The Morgan fingerprint density at radius 1 is 1.33 bits per heavy atom.